The molecular formula is C25H24F3N9O. The maximum atomic E-state index is 14.1. The van der Waals surface area contributed by atoms with Gasteiger partial charge in [-0.3, -0.25) is 9.36 Å². The summed E-state index contributed by atoms with van der Waals surface area (Å²) in [4.78, 5) is 36.6. The van der Waals surface area contributed by atoms with Crippen molar-refractivity contribution in [1.29, 1.82) is 5.26 Å². The molecule has 1 aliphatic rings. The van der Waals surface area contributed by atoms with E-state index in [1.165, 1.54) is 41.6 Å². The Morgan fingerprint density at radius 3 is 2.47 bits per heavy atom. The highest BCUT2D eigenvalue weighted by molar-refractivity contribution is 5.93. The quantitative estimate of drug-likeness (QED) is 0.397. The first kappa shape index (κ1) is 26.5. The number of piperazine rings is 1. The van der Waals surface area contributed by atoms with E-state index in [0.29, 0.717) is 0 Å². The summed E-state index contributed by atoms with van der Waals surface area (Å²) in [5.41, 5.74) is -0.651. The summed E-state index contributed by atoms with van der Waals surface area (Å²) >= 11 is 0. The number of nitriles is 1. The summed E-state index contributed by atoms with van der Waals surface area (Å²) in [7, 11) is 0. The lowest BCUT2D eigenvalue weighted by Gasteiger charge is -2.40. The predicted molar refractivity (Wildman–Crippen MR) is 132 cm³/mol. The Morgan fingerprint density at radius 1 is 1.08 bits per heavy atom. The van der Waals surface area contributed by atoms with Gasteiger partial charge < -0.3 is 9.80 Å². The van der Waals surface area contributed by atoms with Gasteiger partial charge in [0.25, 0.3) is 5.91 Å². The molecule has 0 saturated carbocycles. The van der Waals surface area contributed by atoms with Crippen LogP contribution >= 0.6 is 0 Å². The normalized spacial score (nSPS) is 15.6. The molecule has 1 fully saturated rings. The number of carbonyl (C=O) groups excluding carboxylic acids is 1. The number of alkyl halides is 3. The van der Waals surface area contributed by atoms with Crippen molar-refractivity contribution < 1.29 is 18.0 Å². The van der Waals surface area contributed by atoms with Gasteiger partial charge in [0, 0.05) is 50.5 Å². The fourth-order valence-corrected chi connectivity index (χ4v) is 4.28. The molecule has 5 rings (SSSR count). The third-order valence-corrected chi connectivity index (χ3v) is 5.93. The molecule has 1 atom stereocenters. The minimum Gasteiger partial charge on any atom is -0.352 e. The molecule has 38 heavy (non-hydrogen) atoms. The van der Waals surface area contributed by atoms with Gasteiger partial charge in [-0.15, -0.1) is 0 Å². The predicted octanol–water partition coefficient (Wildman–Crippen LogP) is 3.87. The van der Waals surface area contributed by atoms with Gasteiger partial charge in [0.2, 0.25) is 5.82 Å². The Kier molecular flexibility index (Phi) is 7.52. The Balaban J connectivity index is 0.00000164. The second kappa shape index (κ2) is 10.8. The topological polar surface area (TPSA) is 117 Å². The van der Waals surface area contributed by atoms with Gasteiger partial charge in [0.1, 0.15) is 18.0 Å². The largest absolute Gasteiger partial charge is 0.418 e. The number of aromatic nitrogens is 6. The fourth-order valence-electron chi connectivity index (χ4n) is 4.28. The molecule has 1 aliphatic heterocycles. The number of nitrogens with zero attached hydrogens (tertiary/aromatic N) is 9. The number of amides is 1. The van der Waals surface area contributed by atoms with Crippen LogP contribution < -0.4 is 4.90 Å². The smallest absolute Gasteiger partial charge is 0.352 e. The average Bonchev–Trinajstić information content (AvgIpc) is 3.35. The number of fused-ring (bicyclic) bond motifs is 1. The molecular weight excluding hydrogens is 499 g/mol. The zero-order chi connectivity index (χ0) is 27.4. The molecule has 10 nitrogen and oxygen atoms in total. The molecule has 0 N–H and O–H groups in total. The summed E-state index contributed by atoms with van der Waals surface area (Å²) in [6, 6.07) is 6.07. The van der Waals surface area contributed by atoms with Crippen LogP contribution in [-0.4, -0.2) is 66.0 Å². The summed E-state index contributed by atoms with van der Waals surface area (Å²) in [5, 5.41) is 9.02. The lowest BCUT2D eigenvalue weighted by Crippen LogP contribution is -2.54. The second-order valence-electron chi connectivity index (χ2n) is 8.19. The Morgan fingerprint density at radius 2 is 1.82 bits per heavy atom. The van der Waals surface area contributed by atoms with E-state index in [4.69, 9.17) is 0 Å². The van der Waals surface area contributed by atoms with Gasteiger partial charge in [-0.2, -0.15) is 18.4 Å². The lowest BCUT2D eigenvalue weighted by molar-refractivity contribution is -0.136. The summed E-state index contributed by atoms with van der Waals surface area (Å²) < 4.78 is 43.6. The molecule has 1 amide bonds. The van der Waals surface area contributed by atoms with Crippen LogP contribution in [0.3, 0.4) is 0 Å². The van der Waals surface area contributed by atoms with Crippen molar-refractivity contribution in [3.8, 4) is 11.9 Å². The molecule has 5 heterocycles. The molecule has 0 aliphatic carbocycles. The van der Waals surface area contributed by atoms with Crippen molar-refractivity contribution in [3.05, 3.63) is 66.3 Å². The average molecular weight is 524 g/mol. The number of pyridine rings is 1. The van der Waals surface area contributed by atoms with E-state index < -0.39 is 11.7 Å². The third kappa shape index (κ3) is 4.97. The van der Waals surface area contributed by atoms with Crippen molar-refractivity contribution in [2.75, 3.05) is 24.5 Å². The van der Waals surface area contributed by atoms with E-state index in [0.717, 1.165) is 6.20 Å². The molecule has 1 unspecified atom stereocenters. The molecule has 0 aromatic carbocycles. The zero-order valence-electron chi connectivity index (χ0n) is 20.9. The van der Waals surface area contributed by atoms with Gasteiger partial charge >= 0.3 is 6.18 Å². The number of anilines is 1. The maximum absolute atomic E-state index is 14.1. The number of hydrogen-bond donors (Lipinski definition) is 0. The van der Waals surface area contributed by atoms with E-state index in [1.54, 1.807) is 22.8 Å². The van der Waals surface area contributed by atoms with E-state index in [1.807, 2.05) is 19.9 Å². The molecule has 0 radical (unpaired) electrons. The van der Waals surface area contributed by atoms with Crippen molar-refractivity contribution >= 4 is 22.8 Å². The van der Waals surface area contributed by atoms with Crippen molar-refractivity contribution in [2.45, 2.75) is 33.0 Å². The van der Waals surface area contributed by atoms with E-state index in [2.05, 4.69) is 24.9 Å². The van der Waals surface area contributed by atoms with Gasteiger partial charge in [-0.1, -0.05) is 13.8 Å². The Hall–Kier alpha value is -4.60. The number of carbonyl (C=O) groups is 1. The summed E-state index contributed by atoms with van der Waals surface area (Å²) in [6.07, 6.45) is 1.73. The molecule has 1 saturated heterocycles. The summed E-state index contributed by atoms with van der Waals surface area (Å²) in [6.45, 7) is 6.55. The van der Waals surface area contributed by atoms with E-state index >= 15 is 0 Å². The lowest BCUT2D eigenvalue weighted by atomic mass is 10.1. The van der Waals surface area contributed by atoms with Gasteiger partial charge in [-0.25, -0.2) is 24.9 Å². The second-order valence-corrected chi connectivity index (χ2v) is 8.19. The first-order valence-electron chi connectivity index (χ1n) is 11.9. The molecule has 13 heteroatoms. The SMILES string of the molecule is CC.CC1CN(c2ncnc3c2c(C(F)(F)F)cn3-c2cc(C#N)ccn2)CCN1C(=O)c1ncccn1. The number of halogens is 3. The highest BCUT2D eigenvalue weighted by Gasteiger charge is 2.39. The van der Waals surface area contributed by atoms with Gasteiger partial charge in [0.15, 0.2) is 5.65 Å². The van der Waals surface area contributed by atoms with Crippen molar-refractivity contribution in [2.24, 2.45) is 0 Å². The van der Waals surface area contributed by atoms with Crippen molar-refractivity contribution in [3.63, 3.8) is 0 Å². The fraction of sp³-hybridized carbons (Fsp3) is 0.320. The standard InChI is InChI=1S/C23H18F3N9O.C2H6/c1-14-11-33(7-8-34(14)22(36)19-29-4-2-5-30-19)20-18-16(23(24,25)26)12-35(21(18)32-13-31-20)17-9-15(10-27)3-6-28-17;1-2/h2-6,9,12-14H,7-8,11H2,1H3;1-2H3. The minimum absolute atomic E-state index is 0.0127. The van der Waals surface area contributed by atoms with Gasteiger partial charge in [0.05, 0.1) is 22.6 Å². The molecule has 4 aromatic rings. The van der Waals surface area contributed by atoms with Gasteiger partial charge in [-0.05, 0) is 25.1 Å². The zero-order valence-corrected chi connectivity index (χ0v) is 20.9. The first-order chi connectivity index (χ1) is 18.3. The van der Waals surface area contributed by atoms with E-state index in [-0.39, 0.29) is 65.6 Å². The molecule has 0 spiro atoms. The van der Waals surface area contributed by atoms with Crippen LogP contribution in [-0.2, 0) is 6.18 Å². The monoisotopic (exact) mass is 523 g/mol. The van der Waals surface area contributed by atoms with Crippen LogP contribution in [0.5, 0.6) is 0 Å². The summed E-state index contributed by atoms with van der Waals surface area (Å²) in [5.74, 6) is -0.0461. The van der Waals surface area contributed by atoms with Crippen LogP contribution in [0.2, 0.25) is 0 Å². The van der Waals surface area contributed by atoms with Crippen LogP contribution in [0.1, 0.15) is 42.5 Å². The van der Waals surface area contributed by atoms with Crippen LogP contribution in [0.4, 0.5) is 19.0 Å². The van der Waals surface area contributed by atoms with Crippen molar-refractivity contribution in [1.82, 2.24) is 34.4 Å². The molecule has 196 valence electrons. The minimum atomic E-state index is -4.69. The van der Waals surface area contributed by atoms with Crippen LogP contribution in [0.25, 0.3) is 16.9 Å². The molecule has 0 bridgehead atoms. The number of rotatable bonds is 3. The van der Waals surface area contributed by atoms with Crippen LogP contribution in [0.15, 0.2) is 49.3 Å². The Labute approximate surface area is 216 Å². The first-order valence-corrected chi connectivity index (χ1v) is 11.9. The highest BCUT2D eigenvalue weighted by atomic mass is 19.4. The van der Waals surface area contributed by atoms with Crippen LogP contribution in [0, 0.1) is 11.3 Å². The Bertz CT molecular complexity index is 1480. The third-order valence-electron chi connectivity index (χ3n) is 5.93. The maximum Gasteiger partial charge on any atom is 0.418 e. The highest BCUT2D eigenvalue weighted by Crippen LogP contribution is 2.40. The molecule has 4 aromatic heterocycles. The number of hydrogen-bond acceptors (Lipinski definition) is 8. The van der Waals surface area contributed by atoms with E-state index in [9.17, 15) is 23.2 Å².